The zero-order chi connectivity index (χ0) is 15.9. The third-order valence-electron chi connectivity index (χ3n) is 3.87. The Hall–Kier alpha value is -2.43. The van der Waals surface area contributed by atoms with Gasteiger partial charge < -0.3 is 5.73 Å². The molecule has 3 rings (SSSR count). The van der Waals surface area contributed by atoms with E-state index >= 15 is 0 Å². The number of nitrogen functional groups attached to an aromatic ring is 1. The Morgan fingerprint density at radius 2 is 1.77 bits per heavy atom. The first kappa shape index (κ1) is 14.5. The van der Waals surface area contributed by atoms with Crippen LogP contribution < -0.4 is 5.73 Å². The van der Waals surface area contributed by atoms with Gasteiger partial charge in [-0.1, -0.05) is 37.3 Å². The molecule has 0 bridgehead atoms. The van der Waals surface area contributed by atoms with Crippen molar-refractivity contribution >= 4 is 16.9 Å². The molecule has 0 amide bonds. The molecule has 1 aromatic carbocycles. The zero-order valence-corrected chi connectivity index (χ0v) is 13.4. The molecule has 22 heavy (non-hydrogen) atoms. The van der Waals surface area contributed by atoms with E-state index in [4.69, 9.17) is 10.8 Å². The van der Waals surface area contributed by atoms with Gasteiger partial charge in [0.25, 0.3) is 0 Å². The van der Waals surface area contributed by atoms with Crippen LogP contribution in [0, 0.1) is 0 Å². The molecule has 2 aromatic heterocycles. The van der Waals surface area contributed by atoms with Gasteiger partial charge in [0, 0.05) is 5.92 Å². The maximum atomic E-state index is 6.13. The first-order chi connectivity index (χ1) is 10.4. The van der Waals surface area contributed by atoms with Gasteiger partial charge in [0.15, 0.2) is 5.65 Å². The van der Waals surface area contributed by atoms with Crippen LogP contribution in [0.3, 0.4) is 0 Å². The van der Waals surface area contributed by atoms with Gasteiger partial charge in [-0.25, -0.2) is 14.6 Å². The Morgan fingerprint density at radius 3 is 2.41 bits per heavy atom. The molecule has 5 heteroatoms. The lowest BCUT2D eigenvalue weighted by molar-refractivity contribution is 0.362. The summed E-state index contributed by atoms with van der Waals surface area (Å²) in [4.78, 5) is 8.57. The van der Waals surface area contributed by atoms with Crippen LogP contribution in [0.1, 0.15) is 44.9 Å². The predicted molar refractivity (Wildman–Crippen MR) is 88.7 cm³/mol. The first-order valence-corrected chi connectivity index (χ1v) is 7.44. The molecule has 0 saturated heterocycles. The van der Waals surface area contributed by atoms with E-state index in [2.05, 4.69) is 49.8 Å². The van der Waals surface area contributed by atoms with E-state index in [-0.39, 0.29) is 11.5 Å². The van der Waals surface area contributed by atoms with Crippen LogP contribution in [0.2, 0.25) is 0 Å². The lowest BCUT2D eigenvalue weighted by Crippen LogP contribution is -2.23. The molecule has 114 valence electrons. The molecular formula is C17H21N5. The Balaban J connectivity index is 2.26. The fraction of sp³-hybridized carbons (Fsp3) is 0.353. The van der Waals surface area contributed by atoms with Gasteiger partial charge in [-0.2, -0.15) is 5.10 Å². The van der Waals surface area contributed by atoms with E-state index < -0.39 is 0 Å². The smallest absolute Gasteiger partial charge is 0.164 e. The van der Waals surface area contributed by atoms with E-state index in [0.29, 0.717) is 5.82 Å². The van der Waals surface area contributed by atoms with Crippen molar-refractivity contribution < 1.29 is 0 Å². The minimum absolute atomic E-state index is 0.126. The van der Waals surface area contributed by atoms with Crippen molar-refractivity contribution in [1.82, 2.24) is 19.7 Å². The molecule has 0 fully saturated rings. The summed E-state index contributed by atoms with van der Waals surface area (Å²) in [5.41, 5.74) is 8.87. The van der Waals surface area contributed by atoms with Crippen molar-refractivity contribution in [2.45, 2.75) is 39.2 Å². The van der Waals surface area contributed by atoms with E-state index in [9.17, 15) is 0 Å². The van der Waals surface area contributed by atoms with E-state index in [1.807, 2.05) is 22.9 Å². The second kappa shape index (κ2) is 5.09. The number of benzene rings is 1. The minimum atomic E-state index is -0.173. The van der Waals surface area contributed by atoms with E-state index in [1.165, 1.54) is 11.9 Å². The highest BCUT2D eigenvalue weighted by molar-refractivity contribution is 5.89. The molecule has 0 aliphatic rings. The largest absolute Gasteiger partial charge is 0.383 e. The van der Waals surface area contributed by atoms with Crippen molar-refractivity contribution in [3.8, 4) is 0 Å². The van der Waals surface area contributed by atoms with Gasteiger partial charge in [0.05, 0.1) is 16.6 Å². The summed E-state index contributed by atoms with van der Waals surface area (Å²) in [6.45, 7) is 8.45. The van der Waals surface area contributed by atoms with Gasteiger partial charge in [-0.05, 0) is 26.3 Å². The average molecular weight is 295 g/mol. The highest BCUT2D eigenvalue weighted by atomic mass is 15.3. The lowest BCUT2D eigenvalue weighted by atomic mass is 9.96. The van der Waals surface area contributed by atoms with E-state index in [1.54, 1.807) is 0 Å². The Bertz CT molecular complexity index is 799. The number of nitrogens with two attached hydrogens (primary N) is 1. The summed E-state index contributed by atoms with van der Waals surface area (Å²) >= 11 is 0. The quantitative estimate of drug-likeness (QED) is 0.787. The molecule has 3 aromatic rings. The predicted octanol–water partition coefficient (Wildman–Crippen LogP) is 3.32. The van der Waals surface area contributed by atoms with Crippen LogP contribution >= 0.6 is 0 Å². The fourth-order valence-corrected chi connectivity index (χ4v) is 2.67. The van der Waals surface area contributed by atoms with Crippen molar-refractivity contribution in [2.24, 2.45) is 0 Å². The highest BCUT2D eigenvalue weighted by Gasteiger charge is 2.25. The number of aromatic nitrogens is 4. The summed E-state index contributed by atoms with van der Waals surface area (Å²) < 4.78 is 1.94. The number of nitrogens with zero attached hydrogens (tertiary/aromatic N) is 4. The van der Waals surface area contributed by atoms with Gasteiger partial charge in [-0.3, -0.25) is 0 Å². The topological polar surface area (TPSA) is 69.6 Å². The van der Waals surface area contributed by atoms with Crippen molar-refractivity contribution in [2.75, 3.05) is 5.73 Å². The third kappa shape index (κ3) is 2.32. The van der Waals surface area contributed by atoms with Gasteiger partial charge >= 0.3 is 0 Å². The van der Waals surface area contributed by atoms with Gasteiger partial charge in [0.2, 0.25) is 0 Å². The molecule has 0 spiro atoms. The zero-order valence-electron chi connectivity index (χ0n) is 13.4. The van der Waals surface area contributed by atoms with Crippen LogP contribution in [0.4, 0.5) is 5.82 Å². The second-order valence-electron chi connectivity index (χ2n) is 6.56. The van der Waals surface area contributed by atoms with Crippen molar-refractivity contribution in [1.29, 1.82) is 0 Å². The Morgan fingerprint density at radius 1 is 1.09 bits per heavy atom. The number of fused-ring (bicyclic) bond motifs is 1. The summed E-state index contributed by atoms with van der Waals surface area (Å²) in [5, 5.41) is 5.69. The highest BCUT2D eigenvalue weighted by Crippen LogP contribution is 2.33. The molecule has 0 aliphatic heterocycles. The summed E-state index contributed by atoms with van der Waals surface area (Å²) in [6, 6.07) is 10.3. The van der Waals surface area contributed by atoms with Crippen molar-refractivity contribution in [3.05, 3.63) is 47.9 Å². The SMILES string of the molecule is CC(c1ccccc1)c1nn(C(C)(C)C)c2ncnc(N)c12. The van der Waals surface area contributed by atoms with Crippen LogP contribution in [0.15, 0.2) is 36.7 Å². The second-order valence-corrected chi connectivity index (χ2v) is 6.56. The normalized spacial score (nSPS) is 13.5. The molecule has 1 atom stereocenters. The maximum Gasteiger partial charge on any atom is 0.164 e. The van der Waals surface area contributed by atoms with Gasteiger partial charge in [-0.15, -0.1) is 0 Å². The van der Waals surface area contributed by atoms with Crippen LogP contribution in [0.5, 0.6) is 0 Å². The monoisotopic (exact) mass is 295 g/mol. The summed E-state index contributed by atoms with van der Waals surface area (Å²) in [7, 11) is 0. The summed E-state index contributed by atoms with van der Waals surface area (Å²) in [6.07, 6.45) is 1.50. The molecule has 0 saturated carbocycles. The fourth-order valence-electron chi connectivity index (χ4n) is 2.67. The Labute approximate surface area is 130 Å². The molecule has 2 N–H and O–H groups in total. The third-order valence-corrected chi connectivity index (χ3v) is 3.87. The lowest BCUT2D eigenvalue weighted by Gasteiger charge is -2.19. The van der Waals surface area contributed by atoms with Crippen molar-refractivity contribution in [3.63, 3.8) is 0 Å². The average Bonchev–Trinajstić information content (AvgIpc) is 2.88. The molecule has 0 aliphatic carbocycles. The van der Waals surface area contributed by atoms with E-state index in [0.717, 1.165) is 16.7 Å². The molecule has 1 unspecified atom stereocenters. The molecule has 0 radical (unpaired) electrons. The molecular weight excluding hydrogens is 274 g/mol. The molecule has 2 heterocycles. The molecule has 5 nitrogen and oxygen atoms in total. The number of anilines is 1. The number of hydrogen-bond donors (Lipinski definition) is 1. The number of rotatable bonds is 2. The number of hydrogen-bond acceptors (Lipinski definition) is 4. The summed E-state index contributed by atoms with van der Waals surface area (Å²) in [5.74, 6) is 0.610. The Kier molecular flexibility index (Phi) is 3.35. The minimum Gasteiger partial charge on any atom is -0.383 e. The van der Waals surface area contributed by atoms with Crippen LogP contribution in [-0.4, -0.2) is 19.7 Å². The van der Waals surface area contributed by atoms with Gasteiger partial charge in [0.1, 0.15) is 12.1 Å². The maximum absolute atomic E-state index is 6.13. The van der Waals surface area contributed by atoms with Crippen LogP contribution in [-0.2, 0) is 5.54 Å². The van der Waals surface area contributed by atoms with Crippen LogP contribution in [0.25, 0.3) is 11.0 Å². The standard InChI is InChI=1S/C17H21N5/c1-11(12-8-6-5-7-9-12)14-13-15(18)19-10-20-16(13)22(21-14)17(2,3)4/h5-11H,1-4H3,(H2,18,19,20). The first-order valence-electron chi connectivity index (χ1n) is 7.44.